The number of β-amino-alcohol motifs (C(OH)–C–C–N with tert-alkyl or cyclic N) is 1. The molecule has 0 amide bonds. The van der Waals surface area contributed by atoms with Crippen LogP contribution in [-0.4, -0.2) is 66.8 Å². The van der Waals surface area contributed by atoms with Gasteiger partial charge in [0.1, 0.15) is 5.78 Å². The minimum atomic E-state index is -4.52. The highest BCUT2D eigenvalue weighted by Gasteiger charge is 2.61. The van der Waals surface area contributed by atoms with Gasteiger partial charge in [-0.2, -0.15) is 17.5 Å². The van der Waals surface area contributed by atoms with Crippen LogP contribution in [0.3, 0.4) is 0 Å². The maximum absolute atomic E-state index is 13.1. The number of fused-ring (bicyclic) bond motifs is 5. The van der Waals surface area contributed by atoms with E-state index in [9.17, 15) is 31.5 Å². The molecule has 1 aliphatic heterocycles. The Bertz CT molecular complexity index is 1280. The zero-order valence-corrected chi connectivity index (χ0v) is 24.9. The molecule has 4 aliphatic carbocycles. The summed E-state index contributed by atoms with van der Waals surface area (Å²) in [5.41, 5.74) is -1.61. The van der Waals surface area contributed by atoms with Crippen LogP contribution in [0.4, 0.5) is 13.2 Å². The zero-order chi connectivity index (χ0) is 29.4. The molecule has 0 spiro atoms. The second-order valence-electron chi connectivity index (χ2n) is 14.2. The van der Waals surface area contributed by atoms with Gasteiger partial charge in [0.05, 0.1) is 16.1 Å². The van der Waals surface area contributed by atoms with Crippen molar-refractivity contribution < 1.29 is 31.5 Å². The van der Waals surface area contributed by atoms with Crippen molar-refractivity contribution in [3.8, 4) is 0 Å². The lowest BCUT2D eigenvalue weighted by Crippen LogP contribution is -2.59. The molecule has 1 aromatic rings. The number of carbonyl (C=O) groups is 1. The number of carbonyl (C=O) groups excluding carboxylic acids is 1. The van der Waals surface area contributed by atoms with Crippen LogP contribution < -0.4 is 0 Å². The monoisotopic (exact) mass is 596 g/mol. The number of alkyl halides is 3. The smallest absolute Gasteiger partial charge is 0.389 e. The molecule has 6 rings (SSSR count). The highest BCUT2D eigenvalue weighted by atomic mass is 32.2. The van der Waals surface area contributed by atoms with Crippen LogP contribution in [0.5, 0.6) is 0 Å². The summed E-state index contributed by atoms with van der Waals surface area (Å²) >= 11 is 0. The molecule has 7 atom stereocenters. The first-order valence-corrected chi connectivity index (χ1v) is 16.8. The fourth-order valence-electron chi connectivity index (χ4n) is 9.75. The average Bonchev–Trinajstić information content (AvgIpc) is 3.23. The quantitative estimate of drug-likeness (QED) is 0.507. The Morgan fingerprint density at radius 2 is 1.61 bits per heavy atom. The summed E-state index contributed by atoms with van der Waals surface area (Å²) in [7, 11) is -3.89. The number of rotatable bonds is 4. The Morgan fingerprint density at radius 3 is 2.27 bits per heavy atom. The Balaban J connectivity index is 1.06. The van der Waals surface area contributed by atoms with Gasteiger partial charge in [0.15, 0.2) is 0 Å². The van der Waals surface area contributed by atoms with Gasteiger partial charge in [-0.3, -0.25) is 9.69 Å². The third-order valence-corrected chi connectivity index (χ3v) is 14.1. The maximum Gasteiger partial charge on any atom is 0.416 e. The number of benzene rings is 1. The lowest BCUT2D eigenvalue weighted by molar-refractivity contribution is -0.157. The first kappa shape index (κ1) is 29.6. The third-order valence-electron chi connectivity index (χ3n) is 12.2. The number of sulfonamides is 1. The number of nitrogens with zero attached hydrogens (tertiary/aromatic N) is 2. The van der Waals surface area contributed by atoms with Crippen LogP contribution in [0.25, 0.3) is 0 Å². The Morgan fingerprint density at radius 1 is 0.927 bits per heavy atom. The molecule has 2 unspecified atom stereocenters. The molecule has 5 aliphatic rings. The normalized spacial score (nSPS) is 40.6. The number of halogens is 3. The van der Waals surface area contributed by atoms with Gasteiger partial charge in [0.2, 0.25) is 10.0 Å². The van der Waals surface area contributed by atoms with Gasteiger partial charge in [-0.1, -0.05) is 13.8 Å². The second-order valence-corrected chi connectivity index (χ2v) is 16.1. The van der Waals surface area contributed by atoms with Crippen LogP contribution in [0.2, 0.25) is 0 Å². The van der Waals surface area contributed by atoms with Crippen molar-refractivity contribution in [2.75, 3.05) is 32.7 Å². The molecule has 1 heterocycles. The molecule has 5 fully saturated rings. The first-order chi connectivity index (χ1) is 19.2. The summed E-state index contributed by atoms with van der Waals surface area (Å²) in [6, 6.07) is 3.67. The first-order valence-electron chi connectivity index (χ1n) is 15.3. The summed E-state index contributed by atoms with van der Waals surface area (Å²) in [5, 5.41) is 11.8. The van der Waals surface area contributed by atoms with Crippen molar-refractivity contribution in [3.05, 3.63) is 29.8 Å². The van der Waals surface area contributed by atoms with E-state index >= 15 is 0 Å². The minimum Gasteiger partial charge on any atom is -0.389 e. The summed E-state index contributed by atoms with van der Waals surface area (Å²) in [5.74, 6) is 2.67. The van der Waals surface area contributed by atoms with Gasteiger partial charge in [0, 0.05) is 44.6 Å². The van der Waals surface area contributed by atoms with Crippen molar-refractivity contribution in [2.24, 2.45) is 34.5 Å². The number of Topliss-reactive ketones (excluding diaryl/α,β-unsaturated/α-hetero) is 1. The van der Waals surface area contributed by atoms with E-state index in [1.807, 2.05) is 0 Å². The number of hydrogen-bond acceptors (Lipinski definition) is 5. The second kappa shape index (κ2) is 10.0. The number of ketones is 1. The topological polar surface area (TPSA) is 77.9 Å². The SMILES string of the molecule is C[C@]12CCC(O)(CN3CCN(S(=O)(=O)c4ccc(C(F)(F)F)cc4)CC3)CC1CC[C@@H]1[C@H]2CC[C@]2(C)C(=O)CC[C@@H]12. The van der Waals surface area contributed by atoms with Gasteiger partial charge < -0.3 is 5.11 Å². The molecule has 4 saturated carbocycles. The molecule has 1 N–H and O–H groups in total. The lowest BCUT2D eigenvalue weighted by Gasteiger charge is -2.61. The molecule has 0 radical (unpaired) electrons. The Hall–Kier alpha value is -1.49. The molecule has 41 heavy (non-hydrogen) atoms. The van der Waals surface area contributed by atoms with Crippen LogP contribution in [0.15, 0.2) is 29.2 Å². The molecule has 10 heteroatoms. The van der Waals surface area contributed by atoms with Crippen LogP contribution >= 0.6 is 0 Å². The summed E-state index contributed by atoms with van der Waals surface area (Å²) in [4.78, 5) is 14.7. The van der Waals surface area contributed by atoms with Crippen molar-refractivity contribution in [3.63, 3.8) is 0 Å². The van der Waals surface area contributed by atoms with Crippen LogP contribution in [-0.2, 0) is 21.0 Å². The van der Waals surface area contributed by atoms with E-state index in [-0.39, 0.29) is 28.8 Å². The van der Waals surface area contributed by atoms with E-state index in [0.717, 1.165) is 82.1 Å². The lowest BCUT2D eigenvalue weighted by atomic mass is 9.44. The van der Waals surface area contributed by atoms with Gasteiger partial charge in [-0.15, -0.1) is 0 Å². The number of hydrogen-bond donors (Lipinski definition) is 1. The van der Waals surface area contributed by atoms with E-state index in [1.54, 1.807) is 0 Å². The molecule has 0 bridgehead atoms. The standard InChI is InChI=1S/C31H43F3N2O4S/c1-28-13-14-30(38,19-22(28)5-8-24-25-9-10-27(37)29(25,2)12-11-26(24)28)20-35-15-17-36(18-16-35)41(39,40)23-6-3-21(4-7-23)31(32,33)34/h3-4,6-7,22,24-26,38H,5,8-20H2,1-2H3/t22?,24-,25-,26+,28-,29-,30?/m0/s1. The van der Waals surface area contributed by atoms with E-state index in [1.165, 1.54) is 4.31 Å². The van der Waals surface area contributed by atoms with Crippen molar-refractivity contribution in [1.29, 1.82) is 0 Å². The molecule has 1 aromatic carbocycles. The summed E-state index contributed by atoms with van der Waals surface area (Å²) < 4.78 is 66.2. The molecule has 0 aromatic heterocycles. The Labute approximate surface area is 241 Å². The number of aliphatic hydroxyl groups is 1. The van der Waals surface area contributed by atoms with Crippen LogP contribution in [0, 0.1) is 34.5 Å². The third kappa shape index (κ3) is 4.98. The highest BCUT2D eigenvalue weighted by Crippen LogP contribution is 2.66. The highest BCUT2D eigenvalue weighted by molar-refractivity contribution is 7.89. The van der Waals surface area contributed by atoms with Crippen molar-refractivity contribution in [2.45, 2.75) is 88.3 Å². The molecule has 6 nitrogen and oxygen atoms in total. The van der Waals surface area contributed by atoms with Gasteiger partial charge >= 0.3 is 6.18 Å². The molecule has 1 saturated heterocycles. The van der Waals surface area contributed by atoms with Gasteiger partial charge in [-0.25, -0.2) is 8.42 Å². The fourth-order valence-corrected chi connectivity index (χ4v) is 11.2. The molecular weight excluding hydrogens is 553 g/mol. The molecular formula is C31H43F3N2O4S. The van der Waals surface area contributed by atoms with E-state index in [4.69, 9.17) is 0 Å². The maximum atomic E-state index is 13.1. The predicted molar refractivity (Wildman–Crippen MR) is 148 cm³/mol. The van der Waals surface area contributed by atoms with Crippen LogP contribution in [0.1, 0.15) is 77.2 Å². The summed E-state index contributed by atoms with van der Waals surface area (Å²) in [6.07, 6.45) is 4.10. The van der Waals surface area contributed by atoms with Crippen molar-refractivity contribution in [1.82, 2.24) is 9.21 Å². The number of piperazine rings is 1. The van der Waals surface area contributed by atoms with Crippen molar-refractivity contribution >= 4 is 15.8 Å². The van der Waals surface area contributed by atoms with E-state index in [0.29, 0.717) is 49.1 Å². The van der Waals surface area contributed by atoms with Gasteiger partial charge in [-0.05, 0) is 105 Å². The predicted octanol–water partition coefficient (Wildman–Crippen LogP) is 5.35. The zero-order valence-electron chi connectivity index (χ0n) is 24.1. The largest absolute Gasteiger partial charge is 0.416 e. The molecule has 228 valence electrons. The Kier molecular flexibility index (Phi) is 7.23. The van der Waals surface area contributed by atoms with Gasteiger partial charge in [0.25, 0.3) is 0 Å². The fraction of sp³-hybridized carbons (Fsp3) is 0.774. The van der Waals surface area contributed by atoms with E-state index < -0.39 is 27.4 Å². The minimum absolute atomic E-state index is 0.123. The van der Waals surface area contributed by atoms with E-state index in [2.05, 4.69) is 18.7 Å². The summed E-state index contributed by atoms with van der Waals surface area (Å²) in [6.45, 7) is 6.60. The average molecular weight is 597 g/mol.